The number of rotatable bonds is 4. The molecule has 2 aromatic rings. The molecule has 0 aliphatic rings. The molecule has 0 unspecified atom stereocenters. The molecule has 6 heteroatoms. The van der Waals surface area contributed by atoms with Crippen LogP contribution in [0.5, 0.6) is 0 Å². The van der Waals surface area contributed by atoms with Crippen molar-refractivity contribution in [2.45, 2.75) is 13.3 Å². The number of hydrogen-bond donors (Lipinski definition) is 0. The van der Waals surface area contributed by atoms with Crippen molar-refractivity contribution in [3.63, 3.8) is 0 Å². The Kier molecular flexibility index (Phi) is 4.07. The van der Waals surface area contributed by atoms with Gasteiger partial charge >= 0.3 is 0 Å². The molecule has 0 aliphatic heterocycles. The second-order valence-corrected chi connectivity index (χ2v) is 4.63. The largest absolute Gasteiger partial charge is 0.294 e. The van der Waals surface area contributed by atoms with Gasteiger partial charge < -0.3 is 0 Å². The van der Waals surface area contributed by atoms with Crippen LogP contribution in [0.3, 0.4) is 0 Å². The van der Waals surface area contributed by atoms with E-state index in [1.54, 1.807) is 24.3 Å². The Balaban J connectivity index is 2.36. The van der Waals surface area contributed by atoms with E-state index < -0.39 is 33.6 Å². The first-order valence-electron chi connectivity index (χ1n) is 6.10. The lowest BCUT2D eigenvalue weighted by atomic mass is 10.0. The number of nitro groups is 1. The fourth-order valence-electron chi connectivity index (χ4n) is 1.90. The van der Waals surface area contributed by atoms with Gasteiger partial charge in [-0.2, -0.15) is 0 Å². The molecule has 0 atom stereocenters. The van der Waals surface area contributed by atoms with Crippen LogP contribution < -0.4 is 0 Å². The molecule has 21 heavy (non-hydrogen) atoms. The highest BCUT2D eigenvalue weighted by atomic mass is 19.2. The molecule has 0 heterocycles. The van der Waals surface area contributed by atoms with Gasteiger partial charge in [-0.1, -0.05) is 29.8 Å². The van der Waals surface area contributed by atoms with Gasteiger partial charge in [0.15, 0.2) is 17.4 Å². The number of carbonyl (C=O) groups is 1. The molecule has 2 aromatic carbocycles. The molecular formula is C15H11F2NO3. The Morgan fingerprint density at radius 2 is 1.71 bits per heavy atom. The summed E-state index contributed by atoms with van der Waals surface area (Å²) in [5.41, 5.74) is 0.486. The molecule has 0 aromatic heterocycles. The summed E-state index contributed by atoms with van der Waals surface area (Å²) >= 11 is 0. The smallest absolute Gasteiger partial charge is 0.283 e. The molecule has 0 N–H and O–H groups in total. The lowest BCUT2D eigenvalue weighted by Gasteiger charge is -2.04. The predicted molar refractivity (Wildman–Crippen MR) is 72.2 cm³/mol. The summed E-state index contributed by atoms with van der Waals surface area (Å²) in [7, 11) is 0. The first kappa shape index (κ1) is 14.8. The van der Waals surface area contributed by atoms with Crippen LogP contribution >= 0.6 is 0 Å². The van der Waals surface area contributed by atoms with Gasteiger partial charge in [-0.05, 0) is 18.6 Å². The molecular weight excluding hydrogens is 280 g/mol. The SMILES string of the molecule is Cc1ccc(CC(=O)c2cc(F)c(F)cc2[N+](=O)[O-])cc1. The Labute approximate surface area is 119 Å². The third kappa shape index (κ3) is 3.28. The minimum atomic E-state index is -1.35. The molecule has 0 fully saturated rings. The second kappa shape index (κ2) is 5.78. The monoisotopic (exact) mass is 291 g/mol. The van der Waals surface area contributed by atoms with Crippen molar-refractivity contribution >= 4 is 11.5 Å². The van der Waals surface area contributed by atoms with Crippen molar-refractivity contribution in [3.8, 4) is 0 Å². The van der Waals surface area contributed by atoms with Crippen molar-refractivity contribution in [2.24, 2.45) is 0 Å². The maximum atomic E-state index is 13.2. The normalized spacial score (nSPS) is 10.4. The van der Waals surface area contributed by atoms with Gasteiger partial charge in [-0.25, -0.2) is 8.78 Å². The Morgan fingerprint density at radius 3 is 2.29 bits per heavy atom. The number of Topliss-reactive ketones (excluding diaryl/α,β-unsaturated/α-hetero) is 1. The van der Waals surface area contributed by atoms with E-state index in [-0.39, 0.29) is 6.42 Å². The van der Waals surface area contributed by atoms with Crippen LogP contribution in [0.15, 0.2) is 36.4 Å². The van der Waals surface area contributed by atoms with Gasteiger partial charge in [0.1, 0.15) is 0 Å². The van der Waals surface area contributed by atoms with E-state index >= 15 is 0 Å². The van der Waals surface area contributed by atoms with Gasteiger partial charge in [0.05, 0.1) is 16.6 Å². The van der Waals surface area contributed by atoms with Gasteiger partial charge in [-0.3, -0.25) is 14.9 Å². The highest BCUT2D eigenvalue weighted by Gasteiger charge is 2.23. The van der Waals surface area contributed by atoms with Crippen LogP contribution in [0.4, 0.5) is 14.5 Å². The highest BCUT2D eigenvalue weighted by Crippen LogP contribution is 2.24. The van der Waals surface area contributed by atoms with E-state index in [1.165, 1.54) is 0 Å². The number of halogens is 2. The van der Waals surface area contributed by atoms with Crippen molar-refractivity contribution in [2.75, 3.05) is 0 Å². The summed E-state index contributed by atoms with van der Waals surface area (Å²) in [4.78, 5) is 22.0. The lowest BCUT2D eigenvalue weighted by molar-refractivity contribution is -0.385. The number of ketones is 1. The fraction of sp³-hybridized carbons (Fsp3) is 0.133. The van der Waals surface area contributed by atoms with E-state index in [1.807, 2.05) is 6.92 Å². The summed E-state index contributed by atoms with van der Waals surface area (Å²) in [6.45, 7) is 1.88. The number of aryl methyl sites for hydroxylation is 1. The summed E-state index contributed by atoms with van der Waals surface area (Å²) in [6.07, 6.45) is -0.119. The van der Waals surface area contributed by atoms with Crippen LogP contribution in [0, 0.1) is 28.7 Å². The molecule has 108 valence electrons. The van der Waals surface area contributed by atoms with Crippen LogP contribution in [-0.2, 0) is 6.42 Å². The molecule has 0 radical (unpaired) electrons. The van der Waals surface area contributed by atoms with E-state index in [0.29, 0.717) is 17.7 Å². The van der Waals surface area contributed by atoms with Crippen LogP contribution in [0.1, 0.15) is 21.5 Å². The molecule has 4 nitrogen and oxygen atoms in total. The summed E-state index contributed by atoms with van der Waals surface area (Å²) < 4.78 is 26.3. The molecule has 0 saturated carbocycles. The fourth-order valence-corrected chi connectivity index (χ4v) is 1.90. The number of nitrogens with zero attached hydrogens (tertiary/aromatic N) is 1. The Hall–Kier alpha value is -2.63. The van der Waals surface area contributed by atoms with Crippen molar-refractivity contribution in [3.05, 3.63) is 74.8 Å². The molecule has 0 bridgehead atoms. The number of benzene rings is 2. The third-order valence-corrected chi connectivity index (χ3v) is 3.02. The zero-order chi connectivity index (χ0) is 15.6. The third-order valence-electron chi connectivity index (χ3n) is 3.02. The first-order chi connectivity index (χ1) is 9.88. The Morgan fingerprint density at radius 1 is 1.14 bits per heavy atom. The lowest BCUT2D eigenvalue weighted by Crippen LogP contribution is -2.08. The maximum absolute atomic E-state index is 13.2. The zero-order valence-electron chi connectivity index (χ0n) is 11.1. The standard InChI is InChI=1S/C15H11F2NO3/c1-9-2-4-10(5-3-9)6-15(19)11-7-12(16)13(17)8-14(11)18(20)21/h2-5,7-8H,6H2,1H3. The maximum Gasteiger partial charge on any atom is 0.283 e. The quantitative estimate of drug-likeness (QED) is 0.491. The van der Waals surface area contributed by atoms with Crippen LogP contribution in [0.2, 0.25) is 0 Å². The van der Waals surface area contributed by atoms with Gasteiger partial charge in [0, 0.05) is 6.42 Å². The van der Waals surface area contributed by atoms with Crippen molar-refractivity contribution < 1.29 is 18.5 Å². The number of carbonyl (C=O) groups excluding carboxylic acids is 1. The Bertz CT molecular complexity index is 712. The highest BCUT2D eigenvalue weighted by molar-refractivity contribution is 6.01. The second-order valence-electron chi connectivity index (χ2n) is 4.63. The van der Waals surface area contributed by atoms with E-state index in [2.05, 4.69) is 0 Å². The van der Waals surface area contributed by atoms with E-state index in [4.69, 9.17) is 0 Å². The summed E-state index contributed by atoms with van der Waals surface area (Å²) in [5, 5.41) is 10.9. The van der Waals surface area contributed by atoms with Crippen molar-refractivity contribution in [1.29, 1.82) is 0 Å². The first-order valence-corrected chi connectivity index (χ1v) is 6.10. The minimum Gasteiger partial charge on any atom is -0.294 e. The predicted octanol–water partition coefficient (Wildman–Crippen LogP) is 3.61. The van der Waals surface area contributed by atoms with E-state index in [9.17, 15) is 23.7 Å². The average Bonchev–Trinajstić information content (AvgIpc) is 2.43. The topological polar surface area (TPSA) is 60.2 Å². The van der Waals surface area contributed by atoms with Crippen molar-refractivity contribution in [1.82, 2.24) is 0 Å². The van der Waals surface area contributed by atoms with Crippen LogP contribution in [-0.4, -0.2) is 10.7 Å². The van der Waals surface area contributed by atoms with E-state index in [0.717, 1.165) is 5.56 Å². The van der Waals surface area contributed by atoms with Gasteiger partial charge in [-0.15, -0.1) is 0 Å². The molecule has 0 saturated heterocycles. The van der Waals surface area contributed by atoms with Gasteiger partial charge in [0.25, 0.3) is 5.69 Å². The van der Waals surface area contributed by atoms with Gasteiger partial charge in [0.2, 0.25) is 0 Å². The number of nitro benzene ring substituents is 1. The average molecular weight is 291 g/mol. The summed E-state index contributed by atoms with van der Waals surface area (Å²) in [6, 6.07) is 8.00. The molecule has 0 aliphatic carbocycles. The molecule has 2 rings (SSSR count). The number of hydrogen-bond acceptors (Lipinski definition) is 3. The minimum absolute atomic E-state index is 0.119. The van der Waals surface area contributed by atoms with Crippen LogP contribution in [0.25, 0.3) is 0 Å². The molecule has 0 spiro atoms. The molecule has 0 amide bonds. The summed E-state index contributed by atoms with van der Waals surface area (Å²) in [5.74, 6) is -3.27. The zero-order valence-corrected chi connectivity index (χ0v) is 11.1.